The number of pyridine rings is 1. The van der Waals surface area contributed by atoms with E-state index in [1.54, 1.807) is 0 Å². The zero-order chi connectivity index (χ0) is 13.8. The summed E-state index contributed by atoms with van der Waals surface area (Å²) >= 11 is 0. The van der Waals surface area contributed by atoms with Gasteiger partial charge in [-0.1, -0.05) is 0 Å². The molecule has 4 nitrogen and oxygen atoms in total. The monoisotopic (exact) mass is 258 g/mol. The van der Waals surface area contributed by atoms with Gasteiger partial charge in [-0.25, -0.2) is 4.98 Å². The van der Waals surface area contributed by atoms with Gasteiger partial charge in [0.25, 0.3) is 0 Å². The van der Waals surface area contributed by atoms with E-state index in [1.165, 1.54) is 24.1 Å². The van der Waals surface area contributed by atoms with E-state index in [1.807, 2.05) is 6.07 Å². The number of likely N-dealkylation sites (N-methyl/N-ethyl adjacent to an activating group) is 1. The van der Waals surface area contributed by atoms with Gasteiger partial charge in [-0.3, -0.25) is 0 Å². The van der Waals surface area contributed by atoms with Crippen LogP contribution in [-0.4, -0.2) is 36.6 Å². The van der Waals surface area contributed by atoms with Gasteiger partial charge in [0.1, 0.15) is 11.9 Å². The van der Waals surface area contributed by atoms with E-state index in [9.17, 15) is 5.26 Å². The van der Waals surface area contributed by atoms with Crippen molar-refractivity contribution in [2.75, 3.05) is 26.0 Å². The first-order chi connectivity index (χ1) is 9.11. The van der Waals surface area contributed by atoms with Crippen LogP contribution in [0.5, 0.6) is 0 Å². The van der Waals surface area contributed by atoms with Crippen LogP contribution in [0.4, 0.5) is 5.82 Å². The predicted molar refractivity (Wildman–Crippen MR) is 77.2 cm³/mol. The second-order valence-electron chi connectivity index (χ2n) is 5.50. The Hall–Kier alpha value is -1.60. The molecule has 0 aromatic carbocycles. The summed E-state index contributed by atoms with van der Waals surface area (Å²) in [5, 5.41) is 12.6. The molecule has 1 aliphatic rings. The Morgan fingerprint density at radius 1 is 1.42 bits per heavy atom. The summed E-state index contributed by atoms with van der Waals surface area (Å²) in [7, 11) is 4.11. The van der Waals surface area contributed by atoms with Crippen molar-refractivity contribution in [1.82, 2.24) is 9.88 Å². The Kier molecular flexibility index (Phi) is 4.39. The van der Waals surface area contributed by atoms with Gasteiger partial charge in [0.2, 0.25) is 0 Å². The normalized spacial score (nSPS) is 15.7. The van der Waals surface area contributed by atoms with Crippen molar-refractivity contribution in [2.24, 2.45) is 0 Å². The Bertz CT molecular complexity index is 488. The van der Waals surface area contributed by atoms with Crippen molar-refractivity contribution < 1.29 is 0 Å². The van der Waals surface area contributed by atoms with Crippen LogP contribution in [-0.2, 0) is 12.8 Å². The fourth-order valence-corrected chi connectivity index (χ4v) is 2.28. The lowest BCUT2D eigenvalue weighted by Gasteiger charge is -2.22. The van der Waals surface area contributed by atoms with E-state index >= 15 is 0 Å². The lowest BCUT2D eigenvalue weighted by molar-refractivity contribution is 0.326. The minimum absolute atomic E-state index is 0.407. The van der Waals surface area contributed by atoms with E-state index in [2.05, 4.69) is 42.3 Å². The highest BCUT2D eigenvalue weighted by Crippen LogP contribution is 2.24. The van der Waals surface area contributed by atoms with Gasteiger partial charge in [0.15, 0.2) is 0 Å². The molecule has 19 heavy (non-hydrogen) atoms. The fraction of sp³-hybridized carbons (Fsp3) is 0.600. The van der Waals surface area contributed by atoms with Crippen LogP contribution in [0.2, 0.25) is 0 Å². The van der Waals surface area contributed by atoms with E-state index in [-0.39, 0.29) is 0 Å². The molecule has 102 valence electrons. The summed E-state index contributed by atoms with van der Waals surface area (Å²) in [6, 6.07) is 4.68. The average molecular weight is 258 g/mol. The van der Waals surface area contributed by atoms with Crippen LogP contribution in [0.3, 0.4) is 0 Å². The molecule has 1 N–H and O–H groups in total. The predicted octanol–water partition coefficient (Wildman–Crippen LogP) is 2.19. The van der Waals surface area contributed by atoms with E-state index < -0.39 is 0 Å². The van der Waals surface area contributed by atoms with Crippen molar-refractivity contribution in [1.29, 1.82) is 5.26 Å². The lowest BCUT2D eigenvalue weighted by Crippen LogP contribution is -2.32. The molecular formula is C15H22N4. The minimum Gasteiger partial charge on any atom is -0.367 e. The molecule has 2 rings (SSSR count). The third-order valence-corrected chi connectivity index (χ3v) is 3.87. The third kappa shape index (κ3) is 3.24. The molecule has 1 unspecified atom stereocenters. The Labute approximate surface area is 115 Å². The number of fused-ring (bicyclic) bond motifs is 1. The first-order valence-electron chi connectivity index (χ1n) is 6.95. The maximum atomic E-state index is 9.25. The molecule has 0 saturated carbocycles. The number of nitrogens with zero attached hydrogens (tertiary/aromatic N) is 3. The number of anilines is 1. The number of nitrogens with one attached hydrogen (secondary N) is 1. The first kappa shape index (κ1) is 13.8. The van der Waals surface area contributed by atoms with Crippen LogP contribution in [0.15, 0.2) is 6.07 Å². The molecule has 1 heterocycles. The molecule has 0 aliphatic heterocycles. The van der Waals surface area contributed by atoms with E-state index in [0.29, 0.717) is 11.6 Å². The zero-order valence-electron chi connectivity index (χ0n) is 12.0. The van der Waals surface area contributed by atoms with Crippen molar-refractivity contribution in [3.8, 4) is 6.07 Å². The Balaban J connectivity index is 2.17. The third-order valence-electron chi connectivity index (χ3n) is 3.87. The number of hydrogen-bond acceptors (Lipinski definition) is 4. The molecule has 1 aliphatic carbocycles. The second-order valence-corrected chi connectivity index (χ2v) is 5.50. The van der Waals surface area contributed by atoms with Crippen LogP contribution in [0.25, 0.3) is 0 Å². The van der Waals surface area contributed by atoms with Crippen molar-refractivity contribution in [2.45, 2.75) is 38.6 Å². The quantitative estimate of drug-likeness (QED) is 0.899. The van der Waals surface area contributed by atoms with Crippen LogP contribution in [0.1, 0.15) is 36.6 Å². The summed E-state index contributed by atoms with van der Waals surface area (Å²) < 4.78 is 0. The zero-order valence-corrected chi connectivity index (χ0v) is 12.0. The highest BCUT2D eigenvalue weighted by atomic mass is 15.1. The topological polar surface area (TPSA) is 52.0 Å². The van der Waals surface area contributed by atoms with Gasteiger partial charge in [0, 0.05) is 18.3 Å². The van der Waals surface area contributed by atoms with Gasteiger partial charge in [-0.05, 0) is 58.3 Å². The molecule has 0 radical (unpaired) electrons. The molecule has 0 fully saturated rings. The summed E-state index contributed by atoms with van der Waals surface area (Å²) in [5.41, 5.74) is 3.10. The molecule has 4 heteroatoms. The van der Waals surface area contributed by atoms with Crippen molar-refractivity contribution in [3.05, 3.63) is 22.9 Å². The largest absolute Gasteiger partial charge is 0.367 e. The SMILES string of the molecule is CC(CNc1nc2c(cc1C#N)CCCC2)N(C)C. The molecule has 1 atom stereocenters. The highest BCUT2D eigenvalue weighted by molar-refractivity contribution is 5.54. The Morgan fingerprint density at radius 2 is 2.16 bits per heavy atom. The fourth-order valence-electron chi connectivity index (χ4n) is 2.28. The maximum Gasteiger partial charge on any atom is 0.144 e. The van der Waals surface area contributed by atoms with E-state index in [4.69, 9.17) is 0 Å². The van der Waals surface area contributed by atoms with E-state index in [0.717, 1.165) is 25.2 Å². The summed E-state index contributed by atoms with van der Waals surface area (Å²) in [4.78, 5) is 6.81. The molecule has 1 aromatic rings. The maximum absolute atomic E-state index is 9.25. The molecule has 0 amide bonds. The van der Waals surface area contributed by atoms with Crippen LogP contribution in [0, 0.1) is 11.3 Å². The van der Waals surface area contributed by atoms with Crippen LogP contribution < -0.4 is 5.32 Å². The summed E-state index contributed by atoms with van der Waals surface area (Å²) in [6.45, 7) is 2.95. The second kappa shape index (κ2) is 6.03. The van der Waals surface area contributed by atoms with Crippen LogP contribution >= 0.6 is 0 Å². The number of rotatable bonds is 4. The highest BCUT2D eigenvalue weighted by Gasteiger charge is 2.15. The lowest BCUT2D eigenvalue weighted by atomic mass is 9.95. The van der Waals surface area contributed by atoms with Crippen molar-refractivity contribution in [3.63, 3.8) is 0 Å². The Morgan fingerprint density at radius 3 is 2.84 bits per heavy atom. The number of nitriles is 1. The number of aryl methyl sites for hydroxylation is 2. The van der Waals surface area contributed by atoms with Gasteiger partial charge in [0.05, 0.1) is 5.56 Å². The average Bonchev–Trinajstić information content (AvgIpc) is 2.43. The van der Waals surface area contributed by atoms with Gasteiger partial charge in [-0.2, -0.15) is 5.26 Å². The first-order valence-corrected chi connectivity index (χ1v) is 6.95. The number of aromatic nitrogens is 1. The molecule has 0 spiro atoms. The smallest absolute Gasteiger partial charge is 0.144 e. The summed E-state index contributed by atoms with van der Waals surface area (Å²) in [6.07, 6.45) is 4.52. The molecule has 1 aromatic heterocycles. The minimum atomic E-state index is 0.407. The number of hydrogen-bond donors (Lipinski definition) is 1. The van der Waals surface area contributed by atoms with Gasteiger partial charge >= 0.3 is 0 Å². The van der Waals surface area contributed by atoms with Gasteiger partial charge in [-0.15, -0.1) is 0 Å². The molecule has 0 saturated heterocycles. The van der Waals surface area contributed by atoms with Crippen molar-refractivity contribution >= 4 is 5.82 Å². The summed E-state index contributed by atoms with van der Waals surface area (Å²) in [5.74, 6) is 0.747. The van der Waals surface area contributed by atoms with Gasteiger partial charge < -0.3 is 10.2 Å². The molecule has 0 bridgehead atoms. The molecular weight excluding hydrogens is 236 g/mol. The standard InChI is InChI=1S/C15H22N4/c1-11(19(2)3)10-17-15-13(9-16)8-12-6-4-5-7-14(12)18-15/h8,11H,4-7,10H2,1-3H3,(H,17,18).